The van der Waals surface area contributed by atoms with E-state index in [2.05, 4.69) is 55.1 Å². The Labute approximate surface area is 117 Å². The Morgan fingerprint density at radius 2 is 2.00 bits per heavy atom. The van der Waals surface area contributed by atoms with Crippen molar-refractivity contribution < 1.29 is 0 Å². The third-order valence-electron chi connectivity index (χ3n) is 2.52. The van der Waals surface area contributed by atoms with Crippen LogP contribution in [0.15, 0.2) is 52.2 Å². The summed E-state index contributed by atoms with van der Waals surface area (Å²) in [5.41, 5.74) is 3.03. The highest BCUT2D eigenvalue weighted by Gasteiger charge is 2.03. The minimum absolute atomic E-state index is 0.774. The Morgan fingerprint density at radius 1 is 1.17 bits per heavy atom. The molecule has 0 radical (unpaired) electrons. The number of hydrogen-bond acceptors (Lipinski definition) is 3. The van der Waals surface area contributed by atoms with E-state index in [0.717, 1.165) is 26.5 Å². The van der Waals surface area contributed by atoms with E-state index in [-0.39, 0.29) is 0 Å². The molecule has 0 aliphatic carbocycles. The van der Waals surface area contributed by atoms with Crippen LogP contribution >= 0.6 is 27.7 Å². The predicted molar refractivity (Wildman–Crippen MR) is 77.6 cm³/mol. The van der Waals surface area contributed by atoms with E-state index in [1.54, 1.807) is 18.0 Å². The molecule has 3 aromatic rings. The van der Waals surface area contributed by atoms with E-state index >= 15 is 0 Å². The molecule has 18 heavy (non-hydrogen) atoms. The van der Waals surface area contributed by atoms with E-state index in [4.69, 9.17) is 0 Å². The largest absolute Gasteiger partial charge is 0.332 e. The quantitative estimate of drug-likeness (QED) is 0.741. The minimum atomic E-state index is 0.774. The van der Waals surface area contributed by atoms with Gasteiger partial charge in [0.15, 0.2) is 10.8 Å². The molecule has 0 bridgehead atoms. The van der Waals surface area contributed by atoms with Gasteiger partial charge in [-0.1, -0.05) is 39.8 Å². The van der Waals surface area contributed by atoms with E-state index in [1.807, 2.05) is 12.1 Å². The van der Waals surface area contributed by atoms with Gasteiger partial charge in [0.2, 0.25) is 0 Å². The van der Waals surface area contributed by atoms with Crippen LogP contribution < -0.4 is 0 Å². The molecule has 5 heteroatoms. The summed E-state index contributed by atoms with van der Waals surface area (Å²) in [5, 5.41) is 0.909. The van der Waals surface area contributed by atoms with Crippen LogP contribution in [0.4, 0.5) is 0 Å². The maximum atomic E-state index is 4.43. The van der Waals surface area contributed by atoms with Crippen LogP contribution in [0.1, 0.15) is 5.56 Å². The molecule has 0 spiro atoms. The number of aromatic amines is 1. The summed E-state index contributed by atoms with van der Waals surface area (Å²) < 4.78 is 1.10. The number of H-pyrrole nitrogens is 1. The van der Waals surface area contributed by atoms with Gasteiger partial charge in [-0.3, -0.25) is 0 Å². The first-order valence-electron chi connectivity index (χ1n) is 5.49. The van der Waals surface area contributed by atoms with Crippen LogP contribution in [0.2, 0.25) is 0 Å². The third-order valence-corrected chi connectivity index (χ3v) is 4.00. The molecule has 0 aliphatic rings. The van der Waals surface area contributed by atoms with Gasteiger partial charge >= 0.3 is 0 Å². The van der Waals surface area contributed by atoms with E-state index < -0.39 is 0 Å². The summed E-state index contributed by atoms with van der Waals surface area (Å²) in [7, 11) is 0. The lowest BCUT2D eigenvalue weighted by molar-refractivity contribution is 1.07. The number of benzene rings is 1. The SMILES string of the molecule is Brc1ccc(CSc2nc3ncccc3[nH]2)cc1. The van der Waals surface area contributed by atoms with E-state index in [1.165, 1.54) is 5.56 Å². The zero-order valence-corrected chi connectivity index (χ0v) is 11.8. The molecular formula is C13H10BrN3S. The van der Waals surface area contributed by atoms with Crippen LogP contribution in [-0.2, 0) is 5.75 Å². The van der Waals surface area contributed by atoms with Gasteiger partial charge in [0.1, 0.15) is 0 Å². The maximum Gasteiger partial charge on any atom is 0.178 e. The van der Waals surface area contributed by atoms with Gasteiger partial charge in [-0.05, 0) is 29.8 Å². The standard InChI is InChI=1S/C13H10BrN3S/c14-10-5-3-9(4-6-10)8-18-13-16-11-2-1-7-15-12(11)17-13/h1-7H,8H2,(H,15,16,17). The molecule has 0 amide bonds. The lowest BCUT2D eigenvalue weighted by Crippen LogP contribution is -1.81. The normalized spacial score (nSPS) is 10.9. The fourth-order valence-electron chi connectivity index (χ4n) is 1.62. The zero-order valence-electron chi connectivity index (χ0n) is 9.43. The number of pyridine rings is 1. The van der Waals surface area contributed by atoms with Crippen molar-refractivity contribution in [3.05, 3.63) is 52.6 Å². The first kappa shape index (κ1) is 11.7. The van der Waals surface area contributed by atoms with Crippen molar-refractivity contribution >= 4 is 38.9 Å². The Bertz CT molecular complexity index is 630. The van der Waals surface area contributed by atoms with Crippen molar-refractivity contribution in [1.82, 2.24) is 15.0 Å². The molecule has 2 heterocycles. The molecule has 1 aromatic carbocycles. The number of fused-ring (bicyclic) bond motifs is 1. The molecule has 3 rings (SSSR count). The van der Waals surface area contributed by atoms with Crippen molar-refractivity contribution in [3.63, 3.8) is 0 Å². The molecule has 0 fully saturated rings. The number of rotatable bonds is 3. The highest BCUT2D eigenvalue weighted by atomic mass is 79.9. The van der Waals surface area contributed by atoms with Crippen LogP contribution in [0.5, 0.6) is 0 Å². The Hall–Kier alpha value is -1.33. The average Bonchev–Trinajstić information content (AvgIpc) is 2.81. The van der Waals surface area contributed by atoms with Crippen LogP contribution in [-0.4, -0.2) is 15.0 Å². The predicted octanol–water partition coefficient (Wildman–Crippen LogP) is 4.01. The maximum absolute atomic E-state index is 4.43. The fraction of sp³-hybridized carbons (Fsp3) is 0.0769. The van der Waals surface area contributed by atoms with Gasteiger partial charge in [0, 0.05) is 16.4 Å². The van der Waals surface area contributed by atoms with Gasteiger partial charge in [0.05, 0.1) is 5.52 Å². The zero-order chi connectivity index (χ0) is 12.4. The number of imidazole rings is 1. The lowest BCUT2D eigenvalue weighted by atomic mass is 10.2. The highest BCUT2D eigenvalue weighted by Crippen LogP contribution is 2.22. The molecule has 3 nitrogen and oxygen atoms in total. The molecular weight excluding hydrogens is 310 g/mol. The third kappa shape index (κ3) is 2.57. The summed E-state index contributed by atoms with van der Waals surface area (Å²) in [4.78, 5) is 11.9. The number of hydrogen-bond donors (Lipinski definition) is 1. The smallest absolute Gasteiger partial charge is 0.178 e. The molecule has 0 saturated heterocycles. The molecule has 90 valence electrons. The summed E-state index contributed by atoms with van der Waals surface area (Å²) in [6.07, 6.45) is 1.76. The van der Waals surface area contributed by atoms with Crippen molar-refractivity contribution in [2.45, 2.75) is 10.9 Å². The molecule has 0 saturated carbocycles. The van der Waals surface area contributed by atoms with Crippen LogP contribution in [0.25, 0.3) is 11.2 Å². The minimum Gasteiger partial charge on any atom is -0.332 e. The molecule has 0 unspecified atom stereocenters. The monoisotopic (exact) mass is 319 g/mol. The molecule has 2 aromatic heterocycles. The molecule has 0 aliphatic heterocycles. The average molecular weight is 320 g/mol. The van der Waals surface area contributed by atoms with E-state index in [0.29, 0.717) is 0 Å². The Morgan fingerprint density at radius 3 is 2.78 bits per heavy atom. The van der Waals surface area contributed by atoms with Gasteiger partial charge in [0.25, 0.3) is 0 Å². The summed E-state index contributed by atoms with van der Waals surface area (Å²) in [6.45, 7) is 0. The van der Waals surface area contributed by atoms with E-state index in [9.17, 15) is 0 Å². The van der Waals surface area contributed by atoms with Gasteiger partial charge in [-0.2, -0.15) is 0 Å². The second kappa shape index (κ2) is 5.12. The fourth-order valence-corrected chi connectivity index (χ4v) is 2.72. The number of thioether (sulfide) groups is 1. The van der Waals surface area contributed by atoms with Crippen LogP contribution in [0.3, 0.4) is 0 Å². The van der Waals surface area contributed by atoms with Crippen LogP contribution in [0, 0.1) is 0 Å². The second-order valence-electron chi connectivity index (χ2n) is 3.83. The topological polar surface area (TPSA) is 41.6 Å². The lowest BCUT2D eigenvalue weighted by Gasteiger charge is -1.98. The van der Waals surface area contributed by atoms with Gasteiger partial charge in [-0.25, -0.2) is 9.97 Å². The molecule has 1 N–H and O–H groups in total. The number of halogens is 1. The van der Waals surface area contributed by atoms with Crippen molar-refractivity contribution in [2.75, 3.05) is 0 Å². The number of aromatic nitrogens is 3. The Balaban J connectivity index is 1.74. The summed E-state index contributed by atoms with van der Waals surface area (Å²) >= 11 is 5.11. The van der Waals surface area contributed by atoms with Crippen molar-refractivity contribution in [1.29, 1.82) is 0 Å². The second-order valence-corrected chi connectivity index (χ2v) is 5.71. The van der Waals surface area contributed by atoms with Gasteiger partial charge < -0.3 is 4.98 Å². The number of nitrogens with one attached hydrogen (secondary N) is 1. The van der Waals surface area contributed by atoms with Crippen molar-refractivity contribution in [3.8, 4) is 0 Å². The summed E-state index contributed by atoms with van der Waals surface area (Å²) in [6, 6.07) is 12.2. The first-order valence-corrected chi connectivity index (χ1v) is 7.27. The first-order chi connectivity index (χ1) is 8.81. The van der Waals surface area contributed by atoms with Gasteiger partial charge in [-0.15, -0.1) is 0 Å². The molecule has 0 atom stereocenters. The number of nitrogens with zero attached hydrogens (tertiary/aromatic N) is 2. The highest BCUT2D eigenvalue weighted by molar-refractivity contribution is 9.10. The summed E-state index contributed by atoms with van der Waals surface area (Å²) in [5.74, 6) is 0.896. The van der Waals surface area contributed by atoms with Crippen molar-refractivity contribution in [2.24, 2.45) is 0 Å². The Kier molecular flexibility index (Phi) is 3.34.